The van der Waals surface area contributed by atoms with Gasteiger partial charge in [0.1, 0.15) is 0 Å². The Hall–Kier alpha value is -1.76. The molecule has 20 heavy (non-hydrogen) atoms. The Bertz CT molecular complexity index is 471. The normalized spacial score (nSPS) is 12.9. The van der Waals surface area contributed by atoms with Gasteiger partial charge in [-0.2, -0.15) is 13.2 Å². The first kappa shape index (κ1) is 16.3. The summed E-state index contributed by atoms with van der Waals surface area (Å²) in [4.78, 5) is 11.6. The quantitative estimate of drug-likeness (QED) is 0.798. The Morgan fingerprint density at radius 3 is 2.55 bits per heavy atom. The molecule has 1 aromatic carbocycles. The summed E-state index contributed by atoms with van der Waals surface area (Å²) in [6.45, 7) is 2.89. The van der Waals surface area contributed by atoms with E-state index in [2.05, 4.69) is 10.6 Å². The van der Waals surface area contributed by atoms with Crippen LogP contribution in [0.1, 0.15) is 24.5 Å². The molecule has 1 aromatic rings. The number of carbonyl (C=O) groups is 1. The first-order chi connectivity index (χ1) is 9.27. The maximum Gasteiger partial charge on any atom is 0.416 e. The molecule has 1 rings (SSSR count). The minimum Gasteiger partial charge on any atom is -0.394 e. The number of nitrogens with one attached hydrogen (secondary N) is 2. The van der Waals surface area contributed by atoms with Crippen molar-refractivity contribution in [2.24, 2.45) is 0 Å². The summed E-state index contributed by atoms with van der Waals surface area (Å²) in [5.41, 5.74) is -0.650. The van der Waals surface area contributed by atoms with Gasteiger partial charge in [-0.3, -0.25) is 0 Å². The summed E-state index contributed by atoms with van der Waals surface area (Å²) in [6.07, 6.45) is -3.94. The molecule has 7 heteroatoms. The molecule has 3 N–H and O–H groups in total. The van der Waals surface area contributed by atoms with Crippen LogP contribution in [0.15, 0.2) is 18.2 Å². The van der Waals surface area contributed by atoms with Crippen LogP contribution in [0, 0.1) is 6.92 Å². The predicted molar refractivity (Wildman–Crippen MR) is 69.5 cm³/mol. The third-order valence-electron chi connectivity index (χ3n) is 2.85. The first-order valence-corrected chi connectivity index (χ1v) is 6.14. The molecular formula is C13H17F3N2O2. The van der Waals surface area contributed by atoms with E-state index in [-0.39, 0.29) is 17.9 Å². The lowest BCUT2D eigenvalue weighted by Gasteiger charge is -2.16. The number of amides is 2. The number of anilines is 1. The van der Waals surface area contributed by atoms with Gasteiger partial charge in [0.2, 0.25) is 0 Å². The van der Waals surface area contributed by atoms with Crippen LogP contribution in [-0.2, 0) is 6.18 Å². The lowest BCUT2D eigenvalue weighted by Crippen LogP contribution is -2.39. The molecule has 0 radical (unpaired) electrons. The van der Waals surface area contributed by atoms with Crippen LogP contribution in [-0.4, -0.2) is 23.8 Å². The van der Waals surface area contributed by atoms with Gasteiger partial charge in [-0.1, -0.05) is 13.0 Å². The SMILES string of the molecule is CCC(CO)NC(=O)Nc1ccc(C)c(C(F)(F)F)c1. The van der Waals surface area contributed by atoms with Gasteiger partial charge in [0, 0.05) is 5.69 Å². The van der Waals surface area contributed by atoms with Gasteiger partial charge < -0.3 is 15.7 Å². The van der Waals surface area contributed by atoms with Crippen molar-refractivity contribution < 1.29 is 23.1 Å². The Morgan fingerprint density at radius 2 is 2.05 bits per heavy atom. The second-order valence-corrected chi connectivity index (χ2v) is 4.41. The number of benzene rings is 1. The van der Waals surface area contributed by atoms with Crippen LogP contribution in [0.2, 0.25) is 0 Å². The van der Waals surface area contributed by atoms with Gasteiger partial charge in [-0.05, 0) is 31.0 Å². The predicted octanol–water partition coefficient (Wildman–Crippen LogP) is 2.91. The van der Waals surface area contributed by atoms with E-state index in [0.717, 1.165) is 6.07 Å². The summed E-state index contributed by atoms with van der Waals surface area (Å²) in [7, 11) is 0. The summed E-state index contributed by atoms with van der Waals surface area (Å²) < 4.78 is 38.2. The lowest BCUT2D eigenvalue weighted by atomic mass is 10.1. The second-order valence-electron chi connectivity index (χ2n) is 4.41. The number of alkyl halides is 3. The minimum absolute atomic E-state index is 0.0493. The molecule has 0 heterocycles. The van der Waals surface area contributed by atoms with Gasteiger partial charge in [0.05, 0.1) is 18.2 Å². The summed E-state index contributed by atoms with van der Waals surface area (Å²) in [6, 6.07) is 2.49. The first-order valence-electron chi connectivity index (χ1n) is 6.14. The Kier molecular flexibility index (Phi) is 5.38. The highest BCUT2D eigenvalue weighted by Gasteiger charge is 2.32. The molecule has 0 aromatic heterocycles. The highest BCUT2D eigenvalue weighted by atomic mass is 19.4. The maximum absolute atomic E-state index is 12.7. The monoisotopic (exact) mass is 290 g/mol. The molecule has 1 atom stereocenters. The van der Waals surface area contributed by atoms with E-state index in [1.165, 1.54) is 19.1 Å². The number of rotatable bonds is 4. The van der Waals surface area contributed by atoms with Crippen LogP contribution in [0.4, 0.5) is 23.7 Å². The molecular weight excluding hydrogens is 273 g/mol. The van der Waals surface area contributed by atoms with Crippen molar-refractivity contribution in [1.82, 2.24) is 5.32 Å². The maximum atomic E-state index is 12.7. The molecule has 1 unspecified atom stereocenters. The van der Waals surface area contributed by atoms with Crippen LogP contribution in [0.5, 0.6) is 0 Å². The average Bonchev–Trinajstić information content (AvgIpc) is 2.37. The fourth-order valence-corrected chi connectivity index (χ4v) is 1.63. The van der Waals surface area contributed by atoms with Crippen LogP contribution in [0.25, 0.3) is 0 Å². The molecule has 0 bridgehead atoms. The third-order valence-corrected chi connectivity index (χ3v) is 2.85. The average molecular weight is 290 g/mol. The van der Waals surface area contributed by atoms with Crippen molar-refractivity contribution in [1.29, 1.82) is 0 Å². The number of aryl methyl sites for hydroxylation is 1. The van der Waals surface area contributed by atoms with Crippen molar-refractivity contribution in [2.45, 2.75) is 32.5 Å². The summed E-state index contributed by atoms with van der Waals surface area (Å²) in [5, 5.41) is 13.7. The summed E-state index contributed by atoms with van der Waals surface area (Å²) >= 11 is 0. The molecule has 2 amide bonds. The van der Waals surface area contributed by atoms with Gasteiger partial charge >= 0.3 is 12.2 Å². The standard InChI is InChI=1S/C13H17F3N2O2/c1-3-9(7-19)17-12(20)18-10-5-4-8(2)11(6-10)13(14,15)16/h4-6,9,19H,3,7H2,1-2H3,(H2,17,18,20). The van der Waals surface area contributed by atoms with Crippen LogP contribution >= 0.6 is 0 Å². The molecule has 0 aliphatic heterocycles. The zero-order chi connectivity index (χ0) is 15.3. The smallest absolute Gasteiger partial charge is 0.394 e. The molecule has 4 nitrogen and oxygen atoms in total. The van der Waals surface area contributed by atoms with E-state index >= 15 is 0 Å². The summed E-state index contributed by atoms with van der Waals surface area (Å²) in [5.74, 6) is 0. The van der Waals surface area contributed by atoms with E-state index in [1.807, 2.05) is 0 Å². The van der Waals surface area contributed by atoms with Crippen molar-refractivity contribution in [3.8, 4) is 0 Å². The van der Waals surface area contributed by atoms with Crippen LogP contribution < -0.4 is 10.6 Å². The van der Waals surface area contributed by atoms with Crippen molar-refractivity contribution >= 4 is 11.7 Å². The Labute approximate surface area is 115 Å². The Balaban J connectivity index is 2.81. The van der Waals surface area contributed by atoms with E-state index in [9.17, 15) is 18.0 Å². The number of carbonyl (C=O) groups excluding carboxylic acids is 1. The number of aliphatic hydroxyl groups excluding tert-OH is 1. The molecule has 112 valence electrons. The van der Waals surface area contributed by atoms with E-state index in [1.54, 1.807) is 6.92 Å². The second kappa shape index (κ2) is 6.60. The highest BCUT2D eigenvalue weighted by Crippen LogP contribution is 2.33. The molecule has 0 saturated carbocycles. The van der Waals surface area contributed by atoms with E-state index in [0.29, 0.717) is 6.42 Å². The fourth-order valence-electron chi connectivity index (χ4n) is 1.63. The number of hydrogen-bond acceptors (Lipinski definition) is 2. The fraction of sp³-hybridized carbons (Fsp3) is 0.462. The van der Waals surface area contributed by atoms with E-state index < -0.39 is 23.8 Å². The number of aliphatic hydroxyl groups is 1. The van der Waals surface area contributed by atoms with Gasteiger partial charge in [-0.15, -0.1) is 0 Å². The van der Waals surface area contributed by atoms with Crippen molar-refractivity contribution in [3.63, 3.8) is 0 Å². The largest absolute Gasteiger partial charge is 0.416 e. The zero-order valence-electron chi connectivity index (χ0n) is 11.2. The van der Waals surface area contributed by atoms with Crippen molar-refractivity contribution in [3.05, 3.63) is 29.3 Å². The van der Waals surface area contributed by atoms with Crippen molar-refractivity contribution in [2.75, 3.05) is 11.9 Å². The molecule has 0 aliphatic rings. The van der Waals surface area contributed by atoms with E-state index in [4.69, 9.17) is 5.11 Å². The molecule has 0 fully saturated rings. The zero-order valence-corrected chi connectivity index (χ0v) is 11.2. The van der Waals surface area contributed by atoms with Gasteiger partial charge in [0.15, 0.2) is 0 Å². The Morgan fingerprint density at radius 1 is 1.40 bits per heavy atom. The van der Waals surface area contributed by atoms with Gasteiger partial charge in [-0.25, -0.2) is 4.79 Å². The number of halogens is 3. The molecule has 0 spiro atoms. The van der Waals surface area contributed by atoms with Gasteiger partial charge in [0.25, 0.3) is 0 Å². The highest BCUT2D eigenvalue weighted by molar-refractivity contribution is 5.89. The number of urea groups is 1. The topological polar surface area (TPSA) is 61.4 Å². The minimum atomic E-state index is -4.46. The lowest BCUT2D eigenvalue weighted by molar-refractivity contribution is -0.138. The third kappa shape index (κ3) is 4.41. The molecule has 0 saturated heterocycles. The van der Waals surface area contributed by atoms with Crippen LogP contribution in [0.3, 0.4) is 0 Å². The molecule has 0 aliphatic carbocycles. The number of hydrogen-bond donors (Lipinski definition) is 3.